The van der Waals surface area contributed by atoms with E-state index in [0.717, 1.165) is 47.3 Å². The molecule has 0 unspecified atom stereocenters. The van der Waals surface area contributed by atoms with Gasteiger partial charge in [0.2, 0.25) is 0 Å². The fraction of sp³-hybridized carbons (Fsp3) is 0.900. The highest BCUT2D eigenvalue weighted by Crippen LogP contribution is 2.66. The lowest BCUT2D eigenvalue weighted by Crippen LogP contribution is -2.11. The van der Waals surface area contributed by atoms with E-state index in [2.05, 4.69) is 11.1 Å². The Hall–Kier alpha value is -0.260. The second kappa shape index (κ2) is 3.73. The highest BCUT2D eigenvalue weighted by atomic mass is 14.6. The van der Waals surface area contributed by atoms with Gasteiger partial charge in [-0.15, -0.1) is 0 Å². The van der Waals surface area contributed by atoms with E-state index >= 15 is 0 Å². The van der Waals surface area contributed by atoms with E-state index < -0.39 is 0 Å². The molecule has 0 aromatic heterocycles. The average molecular weight is 268 g/mol. The van der Waals surface area contributed by atoms with Crippen LogP contribution < -0.4 is 0 Å². The van der Waals surface area contributed by atoms with Crippen LogP contribution in [0, 0.1) is 47.3 Å². The highest BCUT2D eigenvalue weighted by Gasteiger charge is 2.56. The van der Waals surface area contributed by atoms with Crippen LogP contribution in [-0.2, 0) is 0 Å². The first-order chi connectivity index (χ1) is 9.90. The zero-order chi connectivity index (χ0) is 12.8. The minimum Gasteiger partial charge on any atom is -0.0670 e. The van der Waals surface area contributed by atoms with Gasteiger partial charge < -0.3 is 0 Å². The van der Waals surface area contributed by atoms with Crippen molar-refractivity contribution in [2.24, 2.45) is 47.3 Å². The Morgan fingerprint density at radius 3 is 1.35 bits per heavy atom. The maximum atomic E-state index is 2.07. The monoisotopic (exact) mass is 268 g/mol. The molecule has 0 heteroatoms. The first-order valence-corrected chi connectivity index (χ1v) is 9.62. The Bertz CT molecular complexity index is 442. The normalized spacial score (nSPS) is 62.4. The van der Waals surface area contributed by atoms with Gasteiger partial charge in [-0.25, -0.2) is 0 Å². The molecule has 0 nitrogen and oxygen atoms in total. The zero-order valence-electron chi connectivity index (χ0n) is 12.7. The standard InChI is InChI=1S/C20H28/c1-3-13-9-17(15-7-5-11(1)19(13)15)18-10-14-4-2-12-6-8-16(18)20(12)14/h11-16,19-20H,1-10H2/b18-17-/t11-,12-,13-,14+,15-,16+,19-,20-/m1/s1. The number of hydrogen-bond donors (Lipinski definition) is 0. The summed E-state index contributed by atoms with van der Waals surface area (Å²) in [6.07, 6.45) is 15.8. The van der Waals surface area contributed by atoms with Crippen LogP contribution >= 0.6 is 0 Å². The molecule has 0 bridgehead atoms. The van der Waals surface area contributed by atoms with Gasteiger partial charge in [-0.3, -0.25) is 0 Å². The number of allylic oxidation sites excluding steroid dienone is 2. The second-order valence-corrected chi connectivity index (χ2v) is 9.18. The Morgan fingerprint density at radius 2 is 0.850 bits per heavy atom. The Kier molecular flexibility index (Phi) is 2.11. The third-order valence-corrected chi connectivity index (χ3v) is 8.89. The van der Waals surface area contributed by atoms with Crippen molar-refractivity contribution in [2.45, 2.75) is 64.2 Å². The lowest BCUT2D eigenvalue weighted by molar-refractivity contribution is 0.359. The first kappa shape index (κ1) is 11.3. The van der Waals surface area contributed by atoms with Gasteiger partial charge in [-0.05, 0) is 112 Å². The minimum atomic E-state index is 1.08. The van der Waals surface area contributed by atoms with Crippen LogP contribution in [0.25, 0.3) is 0 Å². The summed E-state index contributed by atoms with van der Waals surface area (Å²) >= 11 is 0. The van der Waals surface area contributed by atoms with Crippen LogP contribution in [0.3, 0.4) is 0 Å². The van der Waals surface area contributed by atoms with Gasteiger partial charge in [-0.1, -0.05) is 11.1 Å². The molecule has 0 aromatic rings. The fourth-order valence-electron chi connectivity index (χ4n) is 8.45. The molecule has 0 heterocycles. The fourth-order valence-corrected chi connectivity index (χ4v) is 8.45. The van der Waals surface area contributed by atoms with E-state index in [4.69, 9.17) is 0 Å². The Labute approximate surface area is 123 Å². The quantitative estimate of drug-likeness (QED) is 0.530. The molecule has 0 spiro atoms. The molecule has 6 fully saturated rings. The summed E-state index contributed by atoms with van der Waals surface area (Å²) in [5.41, 5.74) is 4.14. The summed E-state index contributed by atoms with van der Waals surface area (Å²) in [6.45, 7) is 0. The van der Waals surface area contributed by atoms with Crippen molar-refractivity contribution in [3.63, 3.8) is 0 Å². The van der Waals surface area contributed by atoms with Crippen LogP contribution in [0.1, 0.15) is 64.2 Å². The molecule has 0 saturated heterocycles. The summed E-state index contributed by atoms with van der Waals surface area (Å²) in [6, 6.07) is 0. The average Bonchev–Trinajstić information content (AvgIpc) is 3.18. The van der Waals surface area contributed by atoms with Crippen molar-refractivity contribution >= 4 is 0 Å². The second-order valence-electron chi connectivity index (χ2n) is 9.18. The van der Waals surface area contributed by atoms with Gasteiger partial charge in [0.1, 0.15) is 0 Å². The number of rotatable bonds is 0. The molecule has 6 saturated carbocycles. The molecule has 6 aliphatic rings. The van der Waals surface area contributed by atoms with E-state index in [0.29, 0.717) is 0 Å². The van der Waals surface area contributed by atoms with E-state index in [1.54, 1.807) is 64.2 Å². The molecule has 0 aromatic carbocycles. The maximum absolute atomic E-state index is 2.07. The lowest BCUT2D eigenvalue weighted by Gasteiger charge is -2.19. The van der Waals surface area contributed by atoms with Gasteiger partial charge in [0, 0.05) is 0 Å². The molecule has 20 heavy (non-hydrogen) atoms. The molecule has 8 atom stereocenters. The Balaban J connectivity index is 1.42. The molecule has 6 rings (SSSR count). The van der Waals surface area contributed by atoms with Crippen molar-refractivity contribution in [3.8, 4) is 0 Å². The third kappa shape index (κ3) is 1.22. The molecule has 0 N–H and O–H groups in total. The van der Waals surface area contributed by atoms with Gasteiger partial charge in [0.25, 0.3) is 0 Å². The van der Waals surface area contributed by atoms with Gasteiger partial charge in [0.05, 0.1) is 0 Å². The van der Waals surface area contributed by atoms with E-state index in [9.17, 15) is 0 Å². The van der Waals surface area contributed by atoms with Crippen molar-refractivity contribution in [2.75, 3.05) is 0 Å². The van der Waals surface area contributed by atoms with Gasteiger partial charge in [0.15, 0.2) is 0 Å². The van der Waals surface area contributed by atoms with Crippen molar-refractivity contribution in [1.29, 1.82) is 0 Å². The zero-order valence-corrected chi connectivity index (χ0v) is 12.7. The molecule has 0 radical (unpaired) electrons. The summed E-state index contributed by atoms with van der Waals surface area (Å²) in [5.74, 6) is 9.06. The van der Waals surface area contributed by atoms with Crippen molar-refractivity contribution in [1.82, 2.24) is 0 Å². The van der Waals surface area contributed by atoms with Crippen LogP contribution in [0.15, 0.2) is 11.1 Å². The molecule has 0 amide bonds. The van der Waals surface area contributed by atoms with Crippen LogP contribution in [0.4, 0.5) is 0 Å². The summed E-state index contributed by atoms with van der Waals surface area (Å²) in [7, 11) is 0. The molecule has 6 aliphatic carbocycles. The summed E-state index contributed by atoms with van der Waals surface area (Å²) in [5, 5.41) is 0. The van der Waals surface area contributed by atoms with Crippen LogP contribution in [0.5, 0.6) is 0 Å². The smallest absolute Gasteiger partial charge is 0.0166 e. The van der Waals surface area contributed by atoms with Gasteiger partial charge in [-0.2, -0.15) is 0 Å². The van der Waals surface area contributed by atoms with E-state index in [1.807, 2.05) is 0 Å². The van der Waals surface area contributed by atoms with Crippen LogP contribution in [-0.4, -0.2) is 0 Å². The minimum absolute atomic E-state index is 1.08. The topological polar surface area (TPSA) is 0 Å². The molecular weight excluding hydrogens is 240 g/mol. The summed E-state index contributed by atoms with van der Waals surface area (Å²) in [4.78, 5) is 0. The molecular formula is C20H28. The van der Waals surface area contributed by atoms with E-state index in [1.165, 1.54) is 0 Å². The maximum Gasteiger partial charge on any atom is -0.0166 e. The SMILES string of the molecule is C1C[C@@H]2C/C(=C3\C[C@@H]4CC[C@@H]5CC[C@@H]3[C@H]54)[C@H]3CC[C@@H]1[C@H]23. The molecule has 0 aliphatic heterocycles. The largest absolute Gasteiger partial charge is 0.0670 e. The summed E-state index contributed by atoms with van der Waals surface area (Å²) < 4.78 is 0. The van der Waals surface area contributed by atoms with Crippen LogP contribution in [0.2, 0.25) is 0 Å². The van der Waals surface area contributed by atoms with Crippen molar-refractivity contribution < 1.29 is 0 Å². The molecule has 108 valence electrons. The lowest BCUT2D eigenvalue weighted by atomic mass is 9.86. The first-order valence-electron chi connectivity index (χ1n) is 9.62. The number of hydrogen-bond acceptors (Lipinski definition) is 0. The van der Waals surface area contributed by atoms with Crippen molar-refractivity contribution in [3.05, 3.63) is 11.1 Å². The Morgan fingerprint density at radius 1 is 0.450 bits per heavy atom. The predicted octanol–water partition coefficient (Wildman–Crippen LogP) is 5.20. The highest BCUT2D eigenvalue weighted by molar-refractivity contribution is 5.33. The van der Waals surface area contributed by atoms with E-state index in [-0.39, 0.29) is 0 Å². The third-order valence-electron chi connectivity index (χ3n) is 8.89. The predicted molar refractivity (Wildman–Crippen MR) is 81.1 cm³/mol. The van der Waals surface area contributed by atoms with Gasteiger partial charge >= 0.3 is 0 Å².